The molecule has 1 rings (SSSR count). The van der Waals surface area contributed by atoms with Crippen LogP contribution in [0.25, 0.3) is 0 Å². The Morgan fingerprint density at radius 3 is 2.78 bits per heavy atom. The van der Waals surface area contributed by atoms with E-state index in [1.807, 2.05) is 12.1 Å². The molecule has 0 bridgehead atoms. The van der Waals surface area contributed by atoms with Crippen LogP contribution in [0.5, 0.6) is 0 Å². The average molecular weight is 312 g/mol. The zero-order valence-electron chi connectivity index (χ0n) is 10.3. The number of rotatable bonds is 9. The molecule has 0 unspecified atom stereocenters. The van der Waals surface area contributed by atoms with Gasteiger partial charge in [0.25, 0.3) is 0 Å². The maximum atomic E-state index is 11.6. The third-order valence-corrected chi connectivity index (χ3v) is 5.29. The van der Waals surface area contributed by atoms with Gasteiger partial charge in [-0.1, -0.05) is 11.6 Å². The van der Waals surface area contributed by atoms with E-state index >= 15 is 0 Å². The highest BCUT2D eigenvalue weighted by atomic mass is 35.5. The van der Waals surface area contributed by atoms with Crippen LogP contribution >= 0.6 is 22.9 Å². The lowest BCUT2D eigenvalue weighted by Gasteiger charge is -2.05. The molecule has 0 aliphatic rings. The van der Waals surface area contributed by atoms with Crippen molar-refractivity contribution in [3.8, 4) is 0 Å². The van der Waals surface area contributed by atoms with E-state index < -0.39 is 9.84 Å². The molecule has 1 aromatic rings. The molecule has 0 radical (unpaired) electrons. The quantitative estimate of drug-likeness (QED) is 0.708. The number of hydrogen-bond acceptors (Lipinski definition) is 5. The van der Waals surface area contributed by atoms with Crippen molar-refractivity contribution < 1.29 is 13.2 Å². The van der Waals surface area contributed by atoms with Crippen molar-refractivity contribution in [3.63, 3.8) is 0 Å². The monoisotopic (exact) mass is 311 g/mol. The molecule has 0 aliphatic carbocycles. The number of sulfone groups is 1. The number of hydrogen-bond donors (Lipinski definition) is 1. The summed E-state index contributed by atoms with van der Waals surface area (Å²) in [5, 5.41) is 3.10. The molecule has 0 atom stereocenters. The first-order valence-electron chi connectivity index (χ1n) is 5.68. The van der Waals surface area contributed by atoms with Crippen molar-refractivity contribution in [1.82, 2.24) is 5.32 Å². The fourth-order valence-corrected chi connectivity index (χ4v) is 3.69. The van der Waals surface area contributed by atoms with Crippen molar-refractivity contribution >= 4 is 32.8 Å². The highest BCUT2D eigenvalue weighted by Gasteiger charge is 2.09. The maximum absolute atomic E-state index is 11.6. The van der Waals surface area contributed by atoms with Crippen molar-refractivity contribution in [2.45, 2.75) is 13.0 Å². The SMILES string of the molecule is COCCCS(=O)(=O)CCNCc1ccc(Cl)s1. The van der Waals surface area contributed by atoms with Gasteiger partial charge in [-0.3, -0.25) is 0 Å². The zero-order valence-corrected chi connectivity index (χ0v) is 12.7. The van der Waals surface area contributed by atoms with E-state index in [1.54, 1.807) is 7.11 Å². The van der Waals surface area contributed by atoms with Gasteiger partial charge in [0.1, 0.15) is 0 Å². The third kappa shape index (κ3) is 6.70. The van der Waals surface area contributed by atoms with E-state index in [9.17, 15) is 8.42 Å². The molecular weight excluding hydrogens is 294 g/mol. The van der Waals surface area contributed by atoms with Gasteiger partial charge in [-0.2, -0.15) is 0 Å². The molecule has 18 heavy (non-hydrogen) atoms. The summed E-state index contributed by atoms with van der Waals surface area (Å²) >= 11 is 7.30. The van der Waals surface area contributed by atoms with Crippen LogP contribution in [-0.2, 0) is 21.1 Å². The summed E-state index contributed by atoms with van der Waals surface area (Å²) in [4.78, 5) is 1.11. The molecular formula is C11H18ClNO3S2. The molecule has 1 heterocycles. The predicted molar refractivity (Wildman–Crippen MR) is 76.2 cm³/mol. The minimum absolute atomic E-state index is 0.163. The van der Waals surface area contributed by atoms with Gasteiger partial charge in [0.05, 0.1) is 15.8 Å². The van der Waals surface area contributed by atoms with Gasteiger partial charge in [-0.25, -0.2) is 8.42 Å². The lowest BCUT2D eigenvalue weighted by Crippen LogP contribution is -2.24. The molecule has 0 saturated carbocycles. The molecule has 0 saturated heterocycles. The van der Waals surface area contributed by atoms with Crippen molar-refractivity contribution in [1.29, 1.82) is 0 Å². The fourth-order valence-electron chi connectivity index (χ4n) is 1.41. The standard InChI is InChI=1S/C11H18ClNO3S2/c1-16-6-2-7-18(14,15)8-5-13-9-10-3-4-11(12)17-10/h3-4,13H,2,5-9H2,1H3. The summed E-state index contributed by atoms with van der Waals surface area (Å²) in [5.74, 6) is 0.350. The van der Waals surface area contributed by atoms with Gasteiger partial charge in [-0.05, 0) is 18.6 Å². The lowest BCUT2D eigenvalue weighted by atomic mass is 10.4. The molecule has 0 fully saturated rings. The number of ether oxygens (including phenoxy) is 1. The Morgan fingerprint density at radius 2 is 2.17 bits per heavy atom. The molecule has 0 aliphatic heterocycles. The van der Waals surface area contributed by atoms with E-state index in [4.69, 9.17) is 16.3 Å². The van der Waals surface area contributed by atoms with E-state index in [0.29, 0.717) is 26.1 Å². The Morgan fingerprint density at radius 1 is 1.39 bits per heavy atom. The first-order chi connectivity index (χ1) is 8.53. The second-order valence-corrected chi connectivity index (χ2v) is 7.98. The number of methoxy groups -OCH3 is 1. The highest BCUT2D eigenvalue weighted by molar-refractivity contribution is 7.91. The van der Waals surface area contributed by atoms with Gasteiger partial charge < -0.3 is 10.1 Å². The summed E-state index contributed by atoms with van der Waals surface area (Å²) in [6.45, 7) is 1.61. The van der Waals surface area contributed by atoms with Crippen molar-refractivity contribution in [3.05, 3.63) is 21.3 Å². The Balaban J connectivity index is 2.16. The molecule has 104 valence electrons. The molecule has 4 nitrogen and oxygen atoms in total. The number of nitrogens with one attached hydrogen (secondary N) is 1. The van der Waals surface area contributed by atoms with Gasteiger partial charge in [0.2, 0.25) is 0 Å². The highest BCUT2D eigenvalue weighted by Crippen LogP contribution is 2.20. The predicted octanol–water partition coefficient (Wildman–Crippen LogP) is 1.94. The van der Waals surface area contributed by atoms with Crippen LogP contribution < -0.4 is 5.32 Å². The van der Waals surface area contributed by atoms with Crippen LogP contribution in [0.4, 0.5) is 0 Å². The summed E-state index contributed by atoms with van der Waals surface area (Å²) in [7, 11) is -1.40. The van der Waals surface area contributed by atoms with Gasteiger partial charge in [-0.15, -0.1) is 11.3 Å². The second-order valence-electron chi connectivity index (χ2n) is 3.88. The number of halogens is 1. The third-order valence-electron chi connectivity index (χ3n) is 2.32. The summed E-state index contributed by atoms with van der Waals surface area (Å²) in [5.41, 5.74) is 0. The van der Waals surface area contributed by atoms with E-state index in [-0.39, 0.29) is 11.5 Å². The molecule has 0 amide bonds. The van der Waals surface area contributed by atoms with Crippen LogP contribution in [0.3, 0.4) is 0 Å². The van der Waals surface area contributed by atoms with Gasteiger partial charge in [0.15, 0.2) is 9.84 Å². The average Bonchev–Trinajstić information content (AvgIpc) is 2.71. The summed E-state index contributed by atoms with van der Waals surface area (Å²) in [6.07, 6.45) is 0.555. The molecule has 7 heteroatoms. The largest absolute Gasteiger partial charge is 0.385 e. The minimum atomic E-state index is -2.97. The normalized spacial score (nSPS) is 11.9. The Kier molecular flexibility index (Phi) is 7.18. The lowest BCUT2D eigenvalue weighted by molar-refractivity contribution is 0.199. The van der Waals surface area contributed by atoms with Crippen LogP contribution in [0.2, 0.25) is 4.34 Å². The Bertz CT molecular complexity index is 445. The second kappa shape index (κ2) is 8.12. The van der Waals surface area contributed by atoms with Gasteiger partial charge >= 0.3 is 0 Å². The Labute approximate surface area is 117 Å². The molecule has 1 N–H and O–H groups in total. The first kappa shape index (κ1) is 15.9. The van der Waals surface area contributed by atoms with E-state index in [2.05, 4.69) is 5.32 Å². The summed E-state index contributed by atoms with van der Waals surface area (Å²) in [6, 6.07) is 3.78. The van der Waals surface area contributed by atoms with E-state index in [0.717, 1.165) is 9.21 Å². The Hall–Kier alpha value is -0.140. The van der Waals surface area contributed by atoms with Gasteiger partial charge in [0, 0.05) is 31.7 Å². The molecule has 0 aromatic carbocycles. The van der Waals surface area contributed by atoms with Crippen molar-refractivity contribution in [2.24, 2.45) is 0 Å². The topological polar surface area (TPSA) is 55.4 Å². The zero-order chi connectivity index (χ0) is 13.4. The molecule has 0 spiro atoms. The smallest absolute Gasteiger partial charge is 0.151 e. The van der Waals surface area contributed by atoms with E-state index in [1.165, 1.54) is 11.3 Å². The van der Waals surface area contributed by atoms with Crippen molar-refractivity contribution in [2.75, 3.05) is 31.8 Å². The van der Waals surface area contributed by atoms with Crippen LogP contribution in [-0.4, -0.2) is 40.2 Å². The van der Waals surface area contributed by atoms with Crippen LogP contribution in [0.1, 0.15) is 11.3 Å². The maximum Gasteiger partial charge on any atom is 0.151 e. The van der Waals surface area contributed by atoms with Crippen LogP contribution in [0, 0.1) is 0 Å². The molecule has 1 aromatic heterocycles. The summed E-state index contributed by atoms with van der Waals surface area (Å²) < 4.78 is 28.8. The van der Waals surface area contributed by atoms with Crippen LogP contribution in [0.15, 0.2) is 12.1 Å². The number of thiophene rings is 1. The fraction of sp³-hybridized carbons (Fsp3) is 0.636. The first-order valence-corrected chi connectivity index (χ1v) is 8.69. The minimum Gasteiger partial charge on any atom is -0.385 e.